The molecule has 0 aliphatic carbocycles. The van der Waals surface area contributed by atoms with Crippen molar-refractivity contribution in [1.29, 1.82) is 0 Å². The number of rotatable bonds is 5. The average Bonchev–Trinajstić information content (AvgIpc) is 3.49. The lowest BCUT2D eigenvalue weighted by molar-refractivity contribution is 0.382. The number of halogens is 2. The molecule has 0 saturated heterocycles. The molecule has 1 aliphatic heterocycles. The third-order valence-electron chi connectivity index (χ3n) is 5.41. The number of allylic oxidation sites excluding steroid dienone is 1. The fourth-order valence-corrected chi connectivity index (χ4v) is 4.14. The molecular weight excluding hydrogens is 446 g/mol. The van der Waals surface area contributed by atoms with E-state index in [1.54, 1.807) is 36.6 Å². The lowest BCUT2D eigenvalue weighted by atomic mass is 9.94. The Hall–Kier alpha value is -3.85. The van der Waals surface area contributed by atoms with Crippen LogP contribution in [0.1, 0.15) is 30.2 Å². The largest absolute Gasteiger partial charge is 0.467 e. The van der Waals surface area contributed by atoms with Gasteiger partial charge in [-0.3, -0.25) is 0 Å². The van der Waals surface area contributed by atoms with Gasteiger partial charge in [-0.1, -0.05) is 29.4 Å². The zero-order valence-electron chi connectivity index (χ0n) is 17.5. The zero-order valence-corrected chi connectivity index (χ0v) is 18.3. The molecule has 0 spiro atoms. The van der Waals surface area contributed by atoms with Crippen molar-refractivity contribution in [1.82, 2.24) is 20.4 Å². The maximum atomic E-state index is 14.1. The molecule has 6 nitrogen and oxygen atoms in total. The Bertz CT molecular complexity index is 1350. The highest BCUT2D eigenvalue weighted by molar-refractivity contribution is 7.80. The molecule has 0 radical (unpaired) electrons. The highest BCUT2D eigenvalue weighted by Crippen LogP contribution is 2.38. The molecule has 1 aliphatic rings. The molecule has 1 unspecified atom stereocenters. The standard InChI is InChI=1S/C24H18F2N4O2S/c1-14-20(23-28-22(29-32-23)16-6-3-8-18(26)12-16)21(15-5-2-7-17(25)11-15)27-24(33)30(14)13-19-9-4-10-31-19/h2-12,21H,13H2,1H3,(H,27,33). The Morgan fingerprint density at radius 3 is 2.58 bits per heavy atom. The summed E-state index contributed by atoms with van der Waals surface area (Å²) in [6, 6.07) is 15.3. The molecule has 0 amide bonds. The minimum absolute atomic E-state index is 0.223. The van der Waals surface area contributed by atoms with Gasteiger partial charge in [-0.25, -0.2) is 8.78 Å². The summed E-state index contributed by atoms with van der Waals surface area (Å²) in [7, 11) is 0. The van der Waals surface area contributed by atoms with E-state index in [0.717, 1.165) is 5.70 Å². The van der Waals surface area contributed by atoms with E-state index in [9.17, 15) is 8.78 Å². The summed E-state index contributed by atoms with van der Waals surface area (Å²) in [5.41, 5.74) is 2.52. The molecule has 166 valence electrons. The average molecular weight is 464 g/mol. The van der Waals surface area contributed by atoms with Crippen LogP contribution in [-0.4, -0.2) is 20.2 Å². The van der Waals surface area contributed by atoms with Crippen LogP contribution in [-0.2, 0) is 6.54 Å². The van der Waals surface area contributed by atoms with Gasteiger partial charge >= 0.3 is 0 Å². The molecule has 1 N–H and O–H groups in total. The lowest BCUT2D eigenvalue weighted by Crippen LogP contribution is -2.45. The van der Waals surface area contributed by atoms with Crippen LogP contribution in [0.4, 0.5) is 8.78 Å². The van der Waals surface area contributed by atoms with Crippen LogP contribution in [0.2, 0.25) is 0 Å². The molecule has 33 heavy (non-hydrogen) atoms. The Kier molecular flexibility index (Phi) is 5.47. The van der Waals surface area contributed by atoms with Gasteiger partial charge in [0.1, 0.15) is 17.4 Å². The summed E-state index contributed by atoms with van der Waals surface area (Å²) in [5.74, 6) is 0.407. The molecule has 9 heteroatoms. The first-order chi connectivity index (χ1) is 16.0. The van der Waals surface area contributed by atoms with Crippen molar-refractivity contribution in [2.24, 2.45) is 0 Å². The van der Waals surface area contributed by atoms with Gasteiger partial charge in [-0.15, -0.1) is 0 Å². The normalized spacial score (nSPS) is 16.3. The fourth-order valence-electron chi connectivity index (χ4n) is 3.82. The smallest absolute Gasteiger partial charge is 0.258 e. The molecular formula is C24H18F2N4O2S. The summed E-state index contributed by atoms with van der Waals surface area (Å²) >= 11 is 5.62. The third-order valence-corrected chi connectivity index (χ3v) is 5.75. The second kappa shape index (κ2) is 8.59. The quantitative estimate of drug-likeness (QED) is 0.393. The van der Waals surface area contributed by atoms with Crippen LogP contribution >= 0.6 is 12.2 Å². The molecule has 2 aromatic heterocycles. The van der Waals surface area contributed by atoms with Crippen LogP contribution in [0.5, 0.6) is 0 Å². The predicted octanol–water partition coefficient (Wildman–Crippen LogP) is 5.47. The van der Waals surface area contributed by atoms with Gasteiger partial charge in [0, 0.05) is 11.3 Å². The summed E-state index contributed by atoms with van der Waals surface area (Å²) in [4.78, 5) is 6.37. The predicted molar refractivity (Wildman–Crippen MR) is 121 cm³/mol. The second-order valence-corrected chi connectivity index (χ2v) is 7.92. The van der Waals surface area contributed by atoms with Gasteiger partial charge in [0.2, 0.25) is 5.82 Å². The van der Waals surface area contributed by atoms with Crippen LogP contribution in [0.15, 0.2) is 81.6 Å². The Labute approximate surface area is 193 Å². The number of hydrogen-bond acceptors (Lipinski definition) is 5. The first kappa shape index (κ1) is 21.0. The highest BCUT2D eigenvalue weighted by atomic mass is 32.1. The van der Waals surface area contributed by atoms with Gasteiger partial charge in [0.05, 0.1) is 24.4 Å². The van der Waals surface area contributed by atoms with E-state index in [1.165, 1.54) is 24.3 Å². The van der Waals surface area contributed by atoms with E-state index in [2.05, 4.69) is 15.5 Å². The van der Waals surface area contributed by atoms with Crippen LogP contribution in [0, 0.1) is 11.6 Å². The van der Waals surface area contributed by atoms with Gasteiger partial charge in [-0.2, -0.15) is 4.98 Å². The van der Waals surface area contributed by atoms with E-state index in [0.29, 0.717) is 34.1 Å². The van der Waals surface area contributed by atoms with Crippen molar-refractivity contribution in [3.05, 3.63) is 101 Å². The number of hydrogen-bond donors (Lipinski definition) is 1. The van der Waals surface area contributed by atoms with E-state index in [4.69, 9.17) is 21.2 Å². The highest BCUT2D eigenvalue weighted by Gasteiger charge is 2.34. The maximum absolute atomic E-state index is 14.1. The van der Waals surface area contributed by atoms with Crippen molar-refractivity contribution in [2.45, 2.75) is 19.5 Å². The Morgan fingerprint density at radius 2 is 1.85 bits per heavy atom. The fraction of sp³-hybridized carbons (Fsp3) is 0.125. The molecule has 0 bridgehead atoms. The number of thiocarbonyl (C=S) groups is 1. The third kappa shape index (κ3) is 4.14. The van der Waals surface area contributed by atoms with E-state index >= 15 is 0 Å². The second-order valence-electron chi connectivity index (χ2n) is 7.54. The van der Waals surface area contributed by atoms with Gasteiger partial charge < -0.3 is 19.2 Å². The zero-order chi connectivity index (χ0) is 22.9. The van der Waals surface area contributed by atoms with E-state index < -0.39 is 11.9 Å². The molecule has 3 heterocycles. The van der Waals surface area contributed by atoms with Crippen LogP contribution in [0.3, 0.4) is 0 Å². The number of furan rings is 1. The first-order valence-corrected chi connectivity index (χ1v) is 10.6. The molecule has 0 saturated carbocycles. The van der Waals surface area contributed by atoms with Gasteiger partial charge in [-0.05, 0) is 61.1 Å². The number of nitrogens with zero attached hydrogens (tertiary/aromatic N) is 3. The lowest BCUT2D eigenvalue weighted by Gasteiger charge is -2.37. The Balaban J connectivity index is 1.61. The molecule has 5 rings (SSSR count). The van der Waals surface area contributed by atoms with Crippen molar-refractivity contribution >= 4 is 22.9 Å². The molecule has 0 fully saturated rings. The summed E-state index contributed by atoms with van der Waals surface area (Å²) in [6.07, 6.45) is 1.59. The number of nitrogens with one attached hydrogen (secondary N) is 1. The summed E-state index contributed by atoms with van der Waals surface area (Å²) in [6.45, 7) is 2.26. The SMILES string of the molecule is CC1=C(c2nc(-c3cccc(F)c3)no2)C(c2cccc(F)c2)NC(=S)N1Cc1ccco1. The van der Waals surface area contributed by atoms with E-state index in [1.807, 2.05) is 17.9 Å². The van der Waals surface area contributed by atoms with E-state index in [-0.39, 0.29) is 17.5 Å². The molecule has 4 aromatic rings. The van der Waals surface area contributed by atoms with Crippen LogP contribution < -0.4 is 5.32 Å². The maximum Gasteiger partial charge on any atom is 0.258 e. The van der Waals surface area contributed by atoms with Crippen molar-refractivity contribution in [3.8, 4) is 11.4 Å². The van der Waals surface area contributed by atoms with Crippen molar-refractivity contribution in [2.75, 3.05) is 0 Å². The first-order valence-electron chi connectivity index (χ1n) is 10.2. The summed E-state index contributed by atoms with van der Waals surface area (Å²) in [5, 5.41) is 7.76. The van der Waals surface area contributed by atoms with Gasteiger partial charge in [0.25, 0.3) is 5.89 Å². The minimum Gasteiger partial charge on any atom is -0.467 e. The summed E-state index contributed by atoms with van der Waals surface area (Å²) < 4.78 is 38.8. The monoisotopic (exact) mass is 464 g/mol. The molecule has 2 aromatic carbocycles. The van der Waals surface area contributed by atoms with Crippen molar-refractivity contribution < 1.29 is 17.7 Å². The molecule has 1 atom stereocenters. The Morgan fingerprint density at radius 1 is 1.06 bits per heavy atom. The van der Waals surface area contributed by atoms with Crippen molar-refractivity contribution in [3.63, 3.8) is 0 Å². The number of aromatic nitrogens is 2. The topological polar surface area (TPSA) is 67.3 Å². The van der Waals surface area contributed by atoms with Gasteiger partial charge in [0.15, 0.2) is 5.11 Å². The minimum atomic E-state index is -0.526. The van der Waals surface area contributed by atoms with Crippen LogP contribution in [0.25, 0.3) is 17.0 Å². The number of benzene rings is 2.